The van der Waals surface area contributed by atoms with Crippen molar-refractivity contribution >= 4 is 16.9 Å². The minimum atomic E-state index is 0.825. The molecule has 0 amide bonds. The molecule has 2 N–H and O–H groups in total. The lowest BCUT2D eigenvalue weighted by atomic mass is 10.2. The zero-order valence-electron chi connectivity index (χ0n) is 15.6. The van der Waals surface area contributed by atoms with E-state index in [0.717, 1.165) is 58.0 Å². The summed E-state index contributed by atoms with van der Waals surface area (Å²) in [6.07, 6.45) is 6.64. The molecule has 0 spiro atoms. The lowest BCUT2D eigenvalue weighted by Gasteiger charge is -2.11. The smallest absolute Gasteiger partial charge is 0.191 e. The number of para-hydroxylation sites is 1. The molecule has 0 unspecified atom stereocenters. The van der Waals surface area contributed by atoms with Gasteiger partial charge in [-0.25, -0.2) is 0 Å². The number of fused-ring (bicyclic) bond motifs is 1. The lowest BCUT2D eigenvalue weighted by Crippen LogP contribution is -2.37. The van der Waals surface area contributed by atoms with Gasteiger partial charge in [-0.2, -0.15) is 0 Å². The predicted molar refractivity (Wildman–Crippen MR) is 106 cm³/mol. The van der Waals surface area contributed by atoms with Crippen molar-refractivity contribution in [3.05, 3.63) is 36.5 Å². The van der Waals surface area contributed by atoms with E-state index >= 15 is 0 Å². The zero-order chi connectivity index (χ0) is 17.7. The molecule has 5 heteroatoms. The van der Waals surface area contributed by atoms with Crippen molar-refractivity contribution in [1.29, 1.82) is 0 Å². The Bertz CT molecular complexity index is 635. The fourth-order valence-corrected chi connectivity index (χ4v) is 2.86. The Morgan fingerprint density at radius 1 is 1.08 bits per heavy atom. The normalized spacial score (nSPS) is 11.8. The van der Waals surface area contributed by atoms with Gasteiger partial charge in [0.15, 0.2) is 5.96 Å². The van der Waals surface area contributed by atoms with Crippen LogP contribution in [0.1, 0.15) is 32.6 Å². The number of nitrogens with zero attached hydrogens (tertiary/aromatic N) is 2. The number of ether oxygens (including phenoxy) is 1. The first-order valence-corrected chi connectivity index (χ1v) is 9.40. The van der Waals surface area contributed by atoms with E-state index < -0.39 is 0 Å². The molecule has 2 rings (SSSR count). The van der Waals surface area contributed by atoms with Gasteiger partial charge in [0.05, 0.1) is 0 Å². The zero-order valence-corrected chi connectivity index (χ0v) is 15.6. The van der Waals surface area contributed by atoms with Crippen molar-refractivity contribution in [2.24, 2.45) is 4.99 Å². The molecule has 2 aromatic rings. The number of hydrogen-bond acceptors (Lipinski definition) is 2. The highest BCUT2D eigenvalue weighted by atomic mass is 16.5. The highest BCUT2D eigenvalue weighted by molar-refractivity contribution is 5.80. The Labute approximate surface area is 151 Å². The number of hydrogen-bond donors (Lipinski definition) is 2. The lowest BCUT2D eigenvalue weighted by molar-refractivity contribution is 0.192. The number of aromatic nitrogens is 1. The van der Waals surface area contributed by atoms with Crippen LogP contribution >= 0.6 is 0 Å². The fourth-order valence-electron chi connectivity index (χ4n) is 2.86. The van der Waals surface area contributed by atoms with Crippen LogP contribution in [-0.2, 0) is 11.3 Å². The molecule has 0 aliphatic heterocycles. The third-order valence-corrected chi connectivity index (χ3v) is 4.17. The Morgan fingerprint density at radius 3 is 2.80 bits per heavy atom. The third-order valence-electron chi connectivity index (χ3n) is 4.17. The van der Waals surface area contributed by atoms with E-state index in [2.05, 4.69) is 63.6 Å². The van der Waals surface area contributed by atoms with Crippen molar-refractivity contribution in [1.82, 2.24) is 15.2 Å². The molecule has 0 aliphatic carbocycles. The number of unbranched alkanes of at least 4 members (excludes halogenated alkanes) is 2. The van der Waals surface area contributed by atoms with E-state index in [9.17, 15) is 0 Å². The number of nitrogens with one attached hydrogen (secondary N) is 2. The summed E-state index contributed by atoms with van der Waals surface area (Å²) in [6.45, 7) is 6.61. The van der Waals surface area contributed by atoms with E-state index in [1.54, 1.807) is 7.11 Å². The minimum absolute atomic E-state index is 0.825. The summed E-state index contributed by atoms with van der Waals surface area (Å²) < 4.78 is 7.38. The van der Waals surface area contributed by atoms with Gasteiger partial charge >= 0.3 is 0 Å². The van der Waals surface area contributed by atoms with Gasteiger partial charge in [-0.3, -0.25) is 4.99 Å². The highest BCUT2D eigenvalue weighted by Crippen LogP contribution is 2.15. The predicted octanol–water partition coefficient (Wildman–Crippen LogP) is 3.40. The second-order valence-corrected chi connectivity index (χ2v) is 6.16. The summed E-state index contributed by atoms with van der Waals surface area (Å²) in [5, 5.41) is 8.03. The second kappa shape index (κ2) is 11.5. The molecule has 0 bridgehead atoms. The topological polar surface area (TPSA) is 50.6 Å². The van der Waals surface area contributed by atoms with Gasteiger partial charge in [-0.05, 0) is 50.1 Å². The molecule has 0 atom stereocenters. The fraction of sp³-hybridized carbons (Fsp3) is 0.550. The van der Waals surface area contributed by atoms with Crippen LogP contribution in [0.25, 0.3) is 10.9 Å². The molecule has 0 saturated heterocycles. The van der Waals surface area contributed by atoms with Gasteiger partial charge in [0.25, 0.3) is 0 Å². The average molecular weight is 345 g/mol. The molecule has 1 aromatic heterocycles. The van der Waals surface area contributed by atoms with Crippen LogP contribution in [0.2, 0.25) is 0 Å². The molecule has 138 valence electrons. The average Bonchev–Trinajstić information content (AvgIpc) is 3.04. The Morgan fingerprint density at radius 2 is 1.96 bits per heavy atom. The molecular formula is C20H32N4O. The second-order valence-electron chi connectivity index (χ2n) is 6.16. The van der Waals surface area contributed by atoms with Gasteiger partial charge in [-0.1, -0.05) is 18.2 Å². The van der Waals surface area contributed by atoms with E-state index in [4.69, 9.17) is 4.74 Å². The van der Waals surface area contributed by atoms with Crippen LogP contribution in [-0.4, -0.2) is 43.9 Å². The largest absolute Gasteiger partial charge is 0.385 e. The SMILES string of the molecule is CCNC(=NCCCn1ccc2ccccc21)NCCCCCOC. The quantitative estimate of drug-likeness (QED) is 0.373. The molecule has 0 saturated carbocycles. The number of guanidine groups is 1. The van der Waals surface area contributed by atoms with Crippen LogP contribution in [0.5, 0.6) is 0 Å². The molecule has 25 heavy (non-hydrogen) atoms. The molecule has 1 aromatic carbocycles. The van der Waals surface area contributed by atoms with Crippen LogP contribution in [0.15, 0.2) is 41.5 Å². The Hall–Kier alpha value is -2.01. The third kappa shape index (κ3) is 6.78. The van der Waals surface area contributed by atoms with E-state index in [-0.39, 0.29) is 0 Å². The molecule has 0 radical (unpaired) electrons. The Balaban J connectivity index is 1.71. The van der Waals surface area contributed by atoms with Crippen molar-refractivity contribution in [2.75, 3.05) is 33.4 Å². The first-order valence-electron chi connectivity index (χ1n) is 9.40. The summed E-state index contributed by atoms with van der Waals surface area (Å²) in [7, 11) is 1.75. The molecule has 5 nitrogen and oxygen atoms in total. The van der Waals surface area contributed by atoms with E-state index in [0.29, 0.717) is 0 Å². The highest BCUT2D eigenvalue weighted by Gasteiger charge is 2.00. The number of rotatable bonds is 11. The van der Waals surface area contributed by atoms with Crippen LogP contribution in [0, 0.1) is 0 Å². The number of aliphatic imine (C=N–C) groups is 1. The first-order chi connectivity index (χ1) is 12.3. The first kappa shape index (κ1) is 19.3. The molecular weight excluding hydrogens is 312 g/mol. The maximum Gasteiger partial charge on any atom is 0.191 e. The summed E-state index contributed by atoms with van der Waals surface area (Å²) in [5.41, 5.74) is 1.30. The standard InChI is InChI=1S/C20H32N4O/c1-3-21-20(22-13-7-4-8-17-25-2)23-14-9-15-24-16-12-18-10-5-6-11-19(18)24/h5-6,10-12,16H,3-4,7-9,13-15,17H2,1-2H3,(H2,21,22,23). The van der Waals surface area contributed by atoms with Gasteiger partial charge in [0, 0.05) is 51.6 Å². The van der Waals surface area contributed by atoms with Crippen molar-refractivity contribution in [2.45, 2.75) is 39.2 Å². The number of aryl methyl sites for hydroxylation is 1. The Kier molecular flexibility index (Phi) is 8.91. The summed E-state index contributed by atoms with van der Waals surface area (Å²) >= 11 is 0. The van der Waals surface area contributed by atoms with Crippen LogP contribution in [0.4, 0.5) is 0 Å². The molecule has 0 fully saturated rings. The summed E-state index contributed by atoms with van der Waals surface area (Å²) in [6, 6.07) is 10.7. The monoisotopic (exact) mass is 344 g/mol. The van der Waals surface area contributed by atoms with Gasteiger partial charge in [0.2, 0.25) is 0 Å². The minimum Gasteiger partial charge on any atom is -0.385 e. The van der Waals surface area contributed by atoms with E-state index in [1.165, 1.54) is 17.3 Å². The van der Waals surface area contributed by atoms with Crippen molar-refractivity contribution in [3.8, 4) is 0 Å². The van der Waals surface area contributed by atoms with Gasteiger partial charge < -0.3 is 19.9 Å². The summed E-state index contributed by atoms with van der Waals surface area (Å²) in [5.74, 6) is 0.923. The maximum absolute atomic E-state index is 5.07. The molecule has 0 aliphatic rings. The van der Waals surface area contributed by atoms with Crippen molar-refractivity contribution in [3.63, 3.8) is 0 Å². The summed E-state index contributed by atoms with van der Waals surface area (Å²) in [4.78, 5) is 4.68. The van der Waals surface area contributed by atoms with E-state index in [1.807, 2.05) is 0 Å². The number of benzene rings is 1. The molecule has 1 heterocycles. The number of methoxy groups -OCH3 is 1. The van der Waals surface area contributed by atoms with Crippen LogP contribution < -0.4 is 10.6 Å². The van der Waals surface area contributed by atoms with Gasteiger partial charge in [-0.15, -0.1) is 0 Å². The van der Waals surface area contributed by atoms with Crippen molar-refractivity contribution < 1.29 is 4.74 Å². The maximum atomic E-state index is 5.07. The van der Waals surface area contributed by atoms with Gasteiger partial charge in [0.1, 0.15) is 0 Å². The van der Waals surface area contributed by atoms with Crippen LogP contribution in [0.3, 0.4) is 0 Å².